The summed E-state index contributed by atoms with van der Waals surface area (Å²) in [5.74, 6) is 0.416. The lowest BCUT2D eigenvalue weighted by Crippen LogP contribution is -2.13. The Hall–Kier alpha value is -2.11. The molecule has 6 heteroatoms. The quantitative estimate of drug-likeness (QED) is 0.734. The van der Waals surface area contributed by atoms with Gasteiger partial charge in [-0.25, -0.2) is 4.98 Å². The van der Waals surface area contributed by atoms with Crippen molar-refractivity contribution in [3.63, 3.8) is 0 Å². The number of hydrogen-bond donors (Lipinski definition) is 1. The zero-order valence-corrected chi connectivity index (χ0v) is 14.3. The molecule has 23 heavy (non-hydrogen) atoms. The maximum Gasteiger partial charge on any atom is 0.261 e. The molecule has 0 saturated carbocycles. The van der Waals surface area contributed by atoms with Crippen LogP contribution in [0, 0.1) is 13.8 Å². The van der Waals surface area contributed by atoms with E-state index in [4.69, 9.17) is 16.0 Å². The molecule has 4 nitrogen and oxygen atoms in total. The molecule has 2 heterocycles. The molecule has 0 saturated heterocycles. The highest BCUT2D eigenvalue weighted by Gasteiger charge is 2.17. The molecule has 0 atom stereocenters. The second-order valence-electron chi connectivity index (χ2n) is 5.24. The van der Waals surface area contributed by atoms with Crippen molar-refractivity contribution in [1.82, 2.24) is 4.98 Å². The maximum absolute atomic E-state index is 12.3. The highest BCUT2D eigenvalue weighted by Crippen LogP contribution is 2.24. The van der Waals surface area contributed by atoms with Crippen molar-refractivity contribution >= 4 is 34.0 Å². The Bertz CT molecular complexity index is 817. The van der Waals surface area contributed by atoms with Gasteiger partial charge in [0.05, 0.1) is 11.8 Å². The number of rotatable bonds is 4. The highest BCUT2D eigenvalue weighted by atomic mass is 35.5. The predicted molar refractivity (Wildman–Crippen MR) is 92.5 cm³/mol. The summed E-state index contributed by atoms with van der Waals surface area (Å²) >= 11 is 7.35. The molecular weight excluding hydrogens is 332 g/mol. The van der Waals surface area contributed by atoms with Gasteiger partial charge in [0.15, 0.2) is 5.13 Å². The largest absolute Gasteiger partial charge is 0.469 e. The lowest BCUT2D eigenvalue weighted by Gasteiger charge is -2.01. The lowest BCUT2D eigenvalue weighted by molar-refractivity contribution is 0.102. The number of carbonyl (C=O) groups excluding carboxylic acids is 1. The van der Waals surface area contributed by atoms with Crippen LogP contribution < -0.4 is 5.32 Å². The van der Waals surface area contributed by atoms with Crippen LogP contribution in [0.4, 0.5) is 5.13 Å². The average molecular weight is 347 g/mol. The average Bonchev–Trinajstić information content (AvgIpc) is 3.08. The molecule has 118 valence electrons. The van der Waals surface area contributed by atoms with Gasteiger partial charge in [-0.15, -0.1) is 11.3 Å². The summed E-state index contributed by atoms with van der Waals surface area (Å²) in [6.07, 6.45) is 4.12. The third kappa shape index (κ3) is 3.63. The highest BCUT2D eigenvalue weighted by molar-refractivity contribution is 7.15. The minimum absolute atomic E-state index is 0.193. The normalized spacial score (nSPS) is 10.7. The summed E-state index contributed by atoms with van der Waals surface area (Å²) in [7, 11) is 0. The lowest BCUT2D eigenvalue weighted by atomic mass is 10.1. The SMILES string of the molecule is Cc1coc(C)c1C(=O)Nc1ncc(Cc2ccc(Cl)cc2)s1. The van der Waals surface area contributed by atoms with Gasteiger partial charge < -0.3 is 4.42 Å². The minimum Gasteiger partial charge on any atom is -0.469 e. The van der Waals surface area contributed by atoms with Gasteiger partial charge in [0.2, 0.25) is 0 Å². The molecule has 0 aliphatic rings. The molecule has 0 fully saturated rings. The van der Waals surface area contributed by atoms with E-state index in [0.717, 1.165) is 27.4 Å². The van der Waals surface area contributed by atoms with Crippen LogP contribution in [0.25, 0.3) is 0 Å². The van der Waals surface area contributed by atoms with E-state index in [1.54, 1.807) is 19.4 Å². The molecule has 3 rings (SSSR count). The van der Waals surface area contributed by atoms with Gasteiger partial charge in [-0.2, -0.15) is 0 Å². The zero-order chi connectivity index (χ0) is 16.4. The molecule has 1 amide bonds. The molecule has 0 aliphatic carbocycles. The molecule has 0 radical (unpaired) electrons. The second kappa shape index (κ2) is 6.56. The number of halogens is 1. The third-order valence-electron chi connectivity index (χ3n) is 3.45. The van der Waals surface area contributed by atoms with Crippen LogP contribution in [0.5, 0.6) is 0 Å². The summed E-state index contributed by atoms with van der Waals surface area (Å²) in [5.41, 5.74) is 2.54. The Kier molecular flexibility index (Phi) is 4.50. The molecular formula is C17H15ClN2O2S. The number of benzene rings is 1. The van der Waals surface area contributed by atoms with Crippen molar-refractivity contribution in [2.24, 2.45) is 0 Å². The predicted octanol–water partition coefficient (Wildman–Crippen LogP) is 4.85. The number of amides is 1. The number of anilines is 1. The number of aromatic nitrogens is 1. The summed E-state index contributed by atoms with van der Waals surface area (Å²) in [4.78, 5) is 17.6. The monoisotopic (exact) mass is 346 g/mol. The van der Waals surface area contributed by atoms with E-state index in [1.807, 2.05) is 31.2 Å². The first-order chi connectivity index (χ1) is 11.0. The van der Waals surface area contributed by atoms with Gasteiger partial charge in [-0.3, -0.25) is 10.1 Å². The fourth-order valence-electron chi connectivity index (χ4n) is 2.32. The van der Waals surface area contributed by atoms with Crippen LogP contribution in [0.2, 0.25) is 5.02 Å². The topological polar surface area (TPSA) is 55.1 Å². The summed E-state index contributed by atoms with van der Waals surface area (Å²) in [5, 5.41) is 4.13. The second-order valence-corrected chi connectivity index (χ2v) is 6.79. The Balaban J connectivity index is 1.70. The van der Waals surface area contributed by atoms with E-state index in [1.165, 1.54) is 11.3 Å². The Morgan fingerprint density at radius 2 is 2.04 bits per heavy atom. The number of hydrogen-bond acceptors (Lipinski definition) is 4. The van der Waals surface area contributed by atoms with Gasteiger partial charge >= 0.3 is 0 Å². The van der Waals surface area contributed by atoms with E-state index in [-0.39, 0.29) is 5.91 Å². The van der Waals surface area contributed by atoms with Crippen molar-refractivity contribution < 1.29 is 9.21 Å². The summed E-state index contributed by atoms with van der Waals surface area (Å²) in [6, 6.07) is 7.70. The van der Waals surface area contributed by atoms with Crippen LogP contribution in [-0.2, 0) is 6.42 Å². The van der Waals surface area contributed by atoms with Gasteiger partial charge in [0, 0.05) is 28.1 Å². The number of nitrogens with one attached hydrogen (secondary N) is 1. The van der Waals surface area contributed by atoms with Gasteiger partial charge in [-0.1, -0.05) is 23.7 Å². The number of carbonyl (C=O) groups is 1. The number of furan rings is 1. The van der Waals surface area contributed by atoms with Gasteiger partial charge in [0.1, 0.15) is 5.76 Å². The molecule has 0 spiro atoms. The van der Waals surface area contributed by atoms with Crippen LogP contribution in [-0.4, -0.2) is 10.9 Å². The molecule has 1 aromatic carbocycles. The Labute approximate surface area is 143 Å². The molecule has 1 N–H and O–H groups in total. The molecule has 0 bridgehead atoms. The van der Waals surface area contributed by atoms with E-state index < -0.39 is 0 Å². The van der Waals surface area contributed by atoms with Crippen LogP contribution in [0.15, 0.2) is 41.1 Å². The molecule has 3 aromatic rings. The minimum atomic E-state index is -0.193. The zero-order valence-electron chi connectivity index (χ0n) is 12.7. The first kappa shape index (κ1) is 15.8. The number of thiazole rings is 1. The van der Waals surface area contributed by atoms with E-state index in [2.05, 4.69) is 10.3 Å². The smallest absolute Gasteiger partial charge is 0.261 e. The summed E-state index contributed by atoms with van der Waals surface area (Å²) in [6.45, 7) is 3.62. The Morgan fingerprint density at radius 1 is 1.30 bits per heavy atom. The first-order valence-corrected chi connectivity index (χ1v) is 8.27. The third-order valence-corrected chi connectivity index (χ3v) is 4.62. The summed E-state index contributed by atoms with van der Waals surface area (Å²) < 4.78 is 5.26. The van der Waals surface area contributed by atoms with E-state index >= 15 is 0 Å². The maximum atomic E-state index is 12.3. The number of aryl methyl sites for hydroxylation is 2. The van der Waals surface area contributed by atoms with Crippen LogP contribution >= 0.6 is 22.9 Å². The standard InChI is InChI=1S/C17H15ClN2O2S/c1-10-9-22-11(2)15(10)16(21)20-17-19-8-14(23-17)7-12-3-5-13(18)6-4-12/h3-6,8-9H,7H2,1-2H3,(H,19,20,21). The first-order valence-electron chi connectivity index (χ1n) is 7.08. The molecule has 0 unspecified atom stereocenters. The van der Waals surface area contributed by atoms with Crippen LogP contribution in [0.3, 0.4) is 0 Å². The Morgan fingerprint density at radius 3 is 2.70 bits per heavy atom. The fourth-order valence-corrected chi connectivity index (χ4v) is 3.29. The van der Waals surface area contributed by atoms with Crippen molar-refractivity contribution in [1.29, 1.82) is 0 Å². The molecule has 0 aliphatic heterocycles. The van der Waals surface area contributed by atoms with Crippen molar-refractivity contribution in [2.75, 3.05) is 5.32 Å². The van der Waals surface area contributed by atoms with E-state index in [0.29, 0.717) is 16.5 Å². The van der Waals surface area contributed by atoms with Crippen molar-refractivity contribution in [3.05, 3.63) is 69.1 Å². The van der Waals surface area contributed by atoms with Gasteiger partial charge in [0.25, 0.3) is 5.91 Å². The molecule has 2 aromatic heterocycles. The number of nitrogens with zero attached hydrogens (tertiary/aromatic N) is 1. The van der Waals surface area contributed by atoms with Gasteiger partial charge in [-0.05, 0) is 31.5 Å². The fraction of sp³-hybridized carbons (Fsp3) is 0.176. The van der Waals surface area contributed by atoms with E-state index in [9.17, 15) is 4.79 Å². The van der Waals surface area contributed by atoms with Crippen molar-refractivity contribution in [3.8, 4) is 0 Å². The van der Waals surface area contributed by atoms with Crippen molar-refractivity contribution in [2.45, 2.75) is 20.3 Å². The van der Waals surface area contributed by atoms with Crippen LogP contribution in [0.1, 0.15) is 32.1 Å².